The molecule has 1 aliphatic heterocycles. The minimum absolute atomic E-state index is 0.123. The summed E-state index contributed by atoms with van der Waals surface area (Å²) in [6.45, 7) is 2.10. The molecule has 0 saturated carbocycles. The lowest BCUT2D eigenvalue weighted by atomic mass is 10.0. The number of hydrogen-bond donors (Lipinski definition) is 2. The predicted molar refractivity (Wildman–Crippen MR) is 92.5 cm³/mol. The van der Waals surface area contributed by atoms with Crippen molar-refractivity contribution in [3.05, 3.63) is 53.1 Å². The zero-order chi connectivity index (χ0) is 18.7. The Morgan fingerprint density at radius 1 is 1.19 bits per heavy atom. The molecule has 0 spiro atoms. The fourth-order valence-corrected chi connectivity index (χ4v) is 2.79. The lowest BCUT2D eigenvalue weighted by Gasteiger charge is -2.19. The minimum Gasteiger partial charge on any atom is -0.478 e. The fourth-order valence-electron chi connectivity index (χ4n) is 2.79. The van der Waals surface area contributed by atoms with Crippen LogP contribution >= 0.6 is 0 Å². The molecular weight excluding hydrogens is 338 g/mol. The number of fused-ring (bicyclic) bond motifs is 1. The molecule has 1 unspecified atom stereocenters. The number of carboxylic acids is 1. The van der Waals surface area contributed by atoms with E-state index in [1.54, 1.807) is 30.3 Å². The van der Waals surface area contributed by atoms with Crippen molar-refractivity contribution < 1.29 is 28.9 Å². The summed E-state index contributed by atoms with van der Waals surface area (Å²) in [4.78, 5) is 23.2. The summed E-state index contributed by atoms with van der Waals surface area (Å²) in [6, 6.07) is 9.58. The first-order chi connectivity index (χ1) is 12.5. The van der Waals surface area contributed by atoms with E-state index in [1.807, 2.05) is 6.92 Å². The van der Waals surface area contributed by atoms with Crippen LogP contribution in [0.25, 0.3) is 0 Å². The van der Waals surface area contributed by atoms with Crippen LogP contribution in [-0.2, 0) is 11.2 Å². The Hall–Kier alpha value is -3.22. The molecule has 136 valence electrons. The second-order valence-electron chi connectivity index (χ2n) is 5.89. The van der Waals surface area contributed by atoms with Crippen molar-refractivity contribution in [3.63, 3.8) is 0 Å². The molecule has 0 saturated heterocycles. The quantitative estimate of drug-likeness (QED) is 0.789. The Kier molecular flexibility index (Phi) is 4.97. The highest BCUT2D eigenvalue weighted by atomic mass is 16.7. The van der Waals surface area contributed by atoms with Crippen molar-refractivity contribution in [1.82, 2.24) is 0 Å². The summed E-state index contributed by atoms with van der Waals surface area (Å²) >= 11 is 0. The van der Waals surface area contributed by atoms with Gasteiger partial charge >= 0.3 is 5.97 Å². The Bertz CT molecular complexity index is 848. The number of aromatic carboxylic acids is 1. The lowest BCUT2D eigenvalue weighted by Crippen LogP contribution is -2.26. The van der Waals surface area contributed by atoms with Crippen LogP contribution in [-0.4, -0.2) is 23.8 Å². The number of ether oxygens (including phenoxy) is 3. The third-order valence-corrected chi connectivity index (χ3v) is 4.03. The van der Waals surface area contributed by atoms with Crippen LogP contribution in [0, 0.1) is 0 Å². The van der Waals surface area contributed by atoms with Gasteiger partial charge in [-0.1, -0.05) is 19.4 Å². The van der Waals surface area contributed by atoms with Gasteiger partial charge in [0.25, 0.3) is 5.91 Å². The summed E-state index contributed by atoms with van der Waals surface area (Å²) < 4.78 is 16.5. The standard InChI is InChI=1S/C19H19NO6/c1-2-3-11-8-13(19(22)23)5-6-14(11)26-17(18(20)21)12-4-7-15-16(9-12)25-10-24-15/h4-9,17H,2-3,10H2,1H3,(H2,20,21)(H,22,23). The van der Waals surface area contributed by atoms with Crippen molar-refractivity contribution in [3.8, 4) is 17.2 Å². The number of amides is 1. The highest BCUT2D eigenvalue weighted by molar-refractivity contribution is 5.88. The number of carboxylic acid groups (broad SMARTS) is 1. The van der Waals surface area contributed by atoms with E-state index < -0.39 is 18.0 Å². The largest absolute Gasteiger partial charge is 0.478 e. The molecule has 1 amide bonds. The van der Waals surface area contributed by atoms with E-state index in [-0.39, 0.29) is 12.4 Å². The molecule has 0 radical (unpaired) electrons. The van der Waals surface area contributed by atoms with E-state index in [4.69, 9.17) is 25.1 Å². The highest BCUT2D eigenvalue weighted by Gasteiger charge is 2.24. The molecular formula is C19H19NO6. The van der Waals surface area contributed by atoms with Crippen LogP contribution in [0.4, 0.5) is 0 Å². The average Bonchev–Trinajstić information content (AvgIpc) is 3.08. The van der Waals surface area contributed by atoms with Gasteiger partial charge in [0.15, 0.2) is 11.5 Å². The summed E-state index contributed by atoms with van der Waals surface area (Å²) in [7, 11) is 0. The summed E-state index contributed by atoms with van der Waals surface area (Å²) in [5.74, 6) is -0.134. The first kappa shape index (κ1) is 17.6. The number of rotatable bonds is 7. The van der Waals surface area contributed by atoms with Crippen molar-refractivity contribution in [2.24, 2.45) is 5.73 Å². The molecule has 7 nitrogen and oxygen atoms in total. The number of benzene rings is 2. The molecule has 0 fully saturated rings. The van der Waals surface area contributed by atoms with Gasteiger partial charge in [-0.15, -0.1) is 0 Å². The normalized spacial score (nSPS) is 13.3. The second-order valence-corrected chi connectivity index (χ2v) is 5.89. The third-order valence-electron chi connectivity index (χ3n) is 4.03. The topological polar surface area (TPSA) is 108 Å². The van der Waals surface area contributed by atoms with Gasteiger partial charge in [-0.2, -0.15) is 0 Å². The average molecular weight is 357 g/mol. The Labute approximate surface area is 150 Å². The van der Waals surface area contributed by atoms with E-state index in [9.17, 15) is 9.59 Å². The van der Waals surface area contributed by atoms with E-state index in [0.717, 1.165) is 6.42 Å². The molecule has 26 heavy (non-hydrogen) atoms. The maximum atomic E-state index is 12.0. The molecule has 0 aliphatic carbocycles. The van der Waals surface area contributed by atoms with Gasteiger partial charge in [-0.05, 0) is 42.3 Å². The van der Waals surface area contributed by atoms with Gasteiger partial charge in [0.1, 0.15) is 5.75 Å². The number of nitrogens with two attached hydrogens (primary N) is 1. The van der Waals surface area contributed by atoms with E-state index in [1.165, 1.54) is 6.07 Å². The zero-order valence-electron chi connectivity index (χ0n) is 14.2. The van der Waals surface area contributed by atoms with Crippen LogP contribution in [0.5, 0.6) is 17.2 Å². The highest BCUT2D eigenvalue weighted by Crippen LogP contribution is 2.36. The molecule has 2 aromatic rings. The molecule has 1 aliphatic rings. The summed E-state index contributed by atoms with van der Waals surface area (Å²) in [5.41, 5.74) is 6.94. The number of primary amides is 1. The maximum Gasteiger partial charge on any atom is 0.335 e. The Morgan fingerprint density at radius 2 is 1.96 bits per heavy atom. The zero-order valence-corrected chi connectivity index (χ0v) is 14.2. The Balaban J connectivity index is 1.93. The van der Waals surface area contributed by atoms with E-state index >= 15 is 0 Å². The molecule has 0 bridgehead atoms. The van der Waals surface area contributed by atoms with Crippen LogP contribution < -0.4 is 19.9 Å². The summed E-state index contributed by atoms with van der Waals surface area (Å²) in [5, 5.41) is 9.17. The molecule has 1 heterocycles. The van der Waals surface area contributed by atoms with Crippen LogP contribution in [0.2, 0.25) is 0 Å². The molecule has 0 aromatic heterocycles. The molecule has 3 N–H and O–H groups in total. The van der Waals surface area contributed by atoms with E-state index in [0.29, 0.717) is 34.8 Å². The fraction of sp³-hybridized carbons (Fsp3) is 0.263. The van der Waals surface area contributed by atoms with Crippen LogP contribution in [0.3, 0.4) is 0 Å². The number of carbonyl (C=O) groups excluding carboxylic acids is 1. The lowest BCUT2D eigenvalue weighted by molar-refractivity contribution is -0.125. The molecule has 2 aromatic carbocycles. The molecule has 7 heteroatoms. The van der Waals surface area contributed by atoms with Gasteiger partial charge in [0.05, 0.1) is 5.56 Å². The molecule has 1 atom stereocenters. The van der Waals surface area contributed by atoms with Gasteiger partial charge in [0.2, 0.25) is 12.9 Å². The van der Waals surface area contributed by atoms with Crippen molar-refractivity contribution in [2.45, 2.75) is 25.9 Å². The second kappa shape index (κ2) is 7.35. The van der Waals surface area contributed by atoms with Crippen LogP contribution in [0.1, 0.15) is 40.9 Å². The van der Waals surface area contributed by atoms with Gasteiger partial charge in [-0.25, -0.2) is 4.79 Å². The van der Waals surface area contributed by atoms with Crippen molar-refractivity contribution in [2.75, 3.05) is 6.79 Å². The van der Waals surface area contributed by atoms with Crippen LogP contribution in [0.15, 0.2) is 36.4 Å². The van der Waals surface area contributed by atoms with Gasteiger partial charge in [-0.3, -0.25) is 4.79 Å². The Morgan fingerprint density at radius 3 is 2.65 bits per heavy atom. The molecule has 3 rings (SSSR count). The summed E-state index contributed by atoms with van der Waals surface area (Å²) in [6.07, 6.45) is 0.379. The SMILES string of the molecule is CCCc1cc(C(=O)O)ccc1OC(C(N)=O)c1ccc2c(c1)OCO2. The first-order valence-electron chi connectivity index (χ1n) is 8.21. The van der Waals surface area contributed by atoms with Crippen molar-refractivity contribution >= 4 is 11.9 Å². The monoisotopic (exact) mass is 357 g/mol. The number of hydrogen-bond acceptors (Lipinski definition) is 5. The number of aryl methyl sites for hydroxylation is 1. The maximum absolute atomic E-state index is 12.0. The van der Waals surface area contributed by atoms with E-state index in [2.05, 4.69) is 0 Å². The smallest absolute Gasteiger partial charge is 0.335 e. The van der Waals surface area contributed by atoms with Gasteiger partial charge < -0.3 is 25.1 Å². The third kappa shape index (κ3) is 3.56. The minimum atomic E-state index is -1.03. The van der Waals surface area contributed by atoms with Crippen molar-refractivity contribution in [1.29, 1.82) is 0 Å². The number of carbonyl (C=O) groups is 2. The van der Waals surface area contributed by atoms with Gasteiger partial charge in [0, 0.05) is 5.56 Å². The first-order valence-corrected chi connectivity index (χ1v) is 8.21. The predicted octanol–water partition coefficient (Wildman–Crippen LogP) is 2.67.